The summed E-state index contributed by atoms with van der Waals surface area (Å²) >= 11 is 0. The fourth-order valence-corrected chi connectivity index (χ4v) is 6.94. The Labute approximate surface area is 170 Å². The van der Waals surface area contributed by atoms with Gasteiger partial charge in [0, 0.05) is 56.1 Å². The Hall–Kier alpha value is -1.97. The molecule has 1 amide bonds. The van der Waals surface area contributed by atoms with Crippen molar-refractivity contribution in [1.29, 1.82) is 0 Å². The van der Waals surface area contributed by atoms with E-state index < -0.39 is 10.0 Å². The van der Waals surface area contributed by atoms with Gasteiger partial charge >= 0.3 is 0 Å². The van der Waals surface area contributed by atoms with Crippen LogP contribution in [0.1, 0.15) is 29.8 Å². The molecule has 2 aromatic heterocycles. The number of sulfonamides is 1. The SMILES string of the molecule is O=C(NCCC1C2CN(S(=O)(=O)C3CCOCC3)CC12)c1cc2cnccc2[nH]1. The Bertz CT molecular complexity index is 969. The number of carbonyl (C=O) groups is 1. The number of aromatic amines is 1. The lowest BCUT2D eigenvalue weighted by atomic mass is 10.2. The van der Waals surface area contributed by atoms with Crippen LogP contribution in [0, 0.1) is 17.8 Å². The number of ether oxygens (including phenoxy) is 1. The molecule has 1 aliphatic carbocycles. The Morgan fingerprint density at radius 1 is 1.28 bits per heavy atom. The van der Waals surface area contributed by atoms with Crippen molar-refractivity contribution >= 4 is 26.8 Å². The van der Waals surface area contributed by atoms with Crippen molar-refractivity contribution in [2.45, 2.75) is 24.5 Å². The number of pyridine rings is 1. The van der Waals surface area contributed by atoms with E-state index in [2.05, 4.69) is 15.3 Å². The number of rotatable bonds is 6. The highest BCUT2D eigenvalue weighted by Gasteiger charge is 2.57. The number of hydrogen-bond donors (Lipinski definition) is 2. The number of piperidine rings is 1. The second-order valence-corrected chi connectivity index (χ2v) is 10.6. The molecule has 2 aliphatic heterocycles. The lowest BCUT2D eigenvalue weighted by molar-refractivity contribution is 0.0947. The van der Waals surface area contributed by atoms with Crippen molar-refractivity contribution in [1.82, 2.24) is 19.6 Å². The number of carbonyl (C=O) groups excluding carboxylic acids is 1. The second kappa shape index (κ2) is 7.37. The van der Waals surface area contributed by atoms with Crippen LogP contribution in [0.2, 0.25) is 0 Å². The molecule has 0 bridgehead atoms. The zero-order chi connectivity index (χ0) is 20.0. The second-order valence-electron chi connectivity index (χ2n) is 8.36. The molecule has 2 N–H and O–H groups in total. The molecular formula is C20H26N4O4S. The lowest BCUT2D eigenvalue weighted by Gasteiger charge is -2.28. The third-order valence-corrected chi connectivity index (χ3v) is 9.05. The van der Waals surface area contributed by atoms with E-state index >= 15 is 0 Å². The standard InChI is InChI=1S/C20H26N4O4S/c25-20(19-9-13-10-21-5-2-18(13)23-19)22-6-1-15-16-11-24(12-17(15)16)29(26,27)14-3-7-28-8-4-14/h2,5,9-10,14-17,23H,1,3-4,6-8,11-12H2,(H,22,25). The fourth-order valence-electron chi connectivity index (χ4n) is 4.97. The first-order chi connectivity index (χ1) is 14.0. The number of nitrogens with zero attached hydrogens (tertiary/aromatic N) is 2. The summed E-state index contributed by atoms with van der Waals surface area (Å²) < 4.78 is 32.6. The molecule has 0 aromatic carbocycles. The summed E-state index contributed by atoms with van der Waals surface area (Å²) in [4.78, 5) is 19.5. The largest absolute Gasteiger partial charge is 0.381 e. The topological polar surface area (TPSA) is 104 Å². The lowest BCUT2D eigenvalue weighted by Crippen LogP contribution is -2.41. The molecule has 3 aliphatic rings. The zero-order valence-electron chi connectivity index (χ0n) is 16.2. The van der Waals surface area contributed by atoms with Gasteiger partial charge in [-0.05, 0) is 49.1 Å². The van der Waals surface area contributed by atoms with Gasteiger partial charge in [0.15, 0.2) is 0 Å². The highest BCUT2D eigenvalue weighted by atomic mass is 32.2. The molecule has 2 unspecified atom stereocenters. The first kappa shape index (κ1) is 19.0. The van der Waals surface area contributed by atoms with Gasteiger partial charge in [-0.15, -0.1) is 0 Å². The van der Waals surface area contributed by atoms with Gasteiger partial charge in [0.2, 0.25) is 10.0 Å². The average molecular weight is 419 g/mol. The molecule has 2 aromatic rings. The van der Waals surface area contributed by atoms with Gasteiger partial charge in [0.25, 0.3) is 5.91 Å². The van der Waals surface area contributed by atoms with Gasteiger partial charge in [0.05, 0.1) is 5.25 Å². The van der Waals surface area contributed by atoms with Crippen LogP contribution in [0.25, 0.3) is 10.9 Å². The predicted molar refractivity (Wildman–Crippen MR) is 108 cm³/mol. The summed E-state index contributed by atoms with van der Waals surface area (Å²) in [6.45, 7) is 2.96. The molecule has 9 heteroatoms. The molecule has 29 heavy (non-hydrogen) atoms. The number of hydrogen-bond acceptors (Lipinski definition) is 5. The maximum Gasteiger partial charge on any atom is 0.267 e. The number of nitrogens with one attached hydrogen (secondary N) is 2. The highest BCUT2D eigenvalue weighted by molar-refractivity contribution is 7.89. The summed E-state index contributed by atoms with van der Waals surface area (Å²) in [7, 11) is -3.20. The maximum atomic E-state index is 12.8. The minimum absolute atomic E-state index is 0.115. The summed E-state index contributed by atoms with van der Waals surface area (Å²) in [6.07, 6.45) is 5.53. The van der Waals surface area contributed by atoms with Crippen molar-refractivity contribution < 1.29 is 17.9 Å². The third kappa shape index (κ3) is 3.55. The van der Waals surface area contributed by atoms with Gasteiger partial charge in [-0.3, -0.25) is 9.78 Å². The summed E-state index contributed by atoms with van der Waals surface area (Å²) in [6, 6.07) is 3.65. The molecule has 2 atom stereocenters. The van der Waals surface area contributed by atoms with Crippen molar-refractivity contribution in [2.24, 2.45) is 17.8 Å². The van der Waals surface area contributed by atoms with Crippen LogP contribution in [0.15, 0.2) is 24.5 Å². The highest BCUT2D eigenvalue weighted by Crippen LogP contribution is 2.54. The van der Waals surface area contributed by atoms with Crippen molar-refractivity contribution in [3.8, 4) is 0 Å². The van der Waals surface area contributed by atoms with E-state index in [1.54, 1.807) is 16.7 Å². The predicted octanol–water partition coefficient (Wildman–Crippen LogP) is 1.37. The van der Waals surface area contributed by atoms with Crippen molar-refractivity contribution in [2.75, 3.05) is 32.8 Å². The van der Waals surface area contributed by atoms with Crippen LogP contribution in [-0.4, -0.2) is 66.7 Å². The smallest absolute Gasteiger partial charge is 0.267 e. The first-order valence-electron chi connectivity index (χ1n) is 10.3. The average Bonchev–Trinajstić information content (AvgIpc) is 3.11. The number of fused-ring (bicyclic) bond motifs is 2. The van der Waals surface area contributed by atoms with Crippen LogP contribution in [0.3, 0.4) is 0 Å². The monoisotopic (exact) mass is 418 g/mol. The Kier molecular flexibility index (Phi) is 4.84. The van der Waals surface area contributed by atoms with Gasteiger partial charge in [-0.2, -0.15) is 0 Å². The Balaban J connectivity index is 1.09. The molecule has 0 spiro atoms. The zero-order valence-corrected chi connectivity index (χ0v) is 17.0. The molecule has 0 radical (unpaired) electrons. The molecular weight excluding hydrogens is 392 g/mol. The van der Waals surface area contributed by atoms with Crippen LogP contribution < -0.4 is 5.32 Å². The third-order valence-electron chi connectivity index (χ3n) is 6.72. The Morgan fingerprint density at radius 2 is 2.03 bits per heavy atom. The van der Waals surface area contributed by atoms with Gasteiger partial charge < -0.3 is 15.0 Å². The molecule has 4 heterocycles. The molecule has 5 rings (SSSR count). The van der Waals surface area contributed by atoms with Crippen molar-refractivity contribution in [3.63, 3.8) is 0 Å². The van der Waals surface area contributed by atoms with E-state index in [4.69, 9.17) is 4.74 Å². The first-order valence-corrected chi connectivity index (χ1v) is 11.8. The minimum Gasteiger partial charge on any atom is -0.381 e. The maximum absolute atomic E-state index is 12.8. The number of H-pyrrole nitrogens is 1. The van der Waals surface area contributed by atoms with Crippen LogP contribution >= 0.6 is 0 Å². The molecule has 156 valence electrons. The molecule has 1 saturated carbocycles. The quantitative estimate of drug-likeness (QED) is 0.737. The van der Waals surface area contributed by atoms with Gasteiger partial charge in [-0.25, -0.2) is 12.7 Å². The fraction of sp³-hybridized carbons (Fsp3) is 0.600. The molecule has 8 nitrogen and oxygen atoms in total. The number of amides is 1. The summed E-state index contributed by atoms with van der Waals surface area (Å²) in [5, 5.41) is 3.61. The van der Waals surface area contributed by atoms with Crippen molar-refractivity contribution in [3.05, 3.63) is 30.2 Å². The van der Waals surface area contributed by atoms with Crippen LogP contribution in [0.4, 0.5) is 0 Å². The molecule has 2 saturated heterocycles. The van der Waals surface area contributed by atoms with E-state index in [0.717, 1.165) is 17.3 Å². The van der Waals surface area contributed by atoms with E-state index in [1.165, 1.54) is 0 Å². The summed E-state index contributed by atoms with van der Waals surface area (Å²) in [5.74, 6) is 1.29. The minimum atomic E-state index is -3.20. The normalized spacial score (nSPS) is 27.8. The number of aromatic nitrogens is 2. The molecule has 3 fully saturated rings. The van der Waals surface area contributed by atoms with E-state index in [1.807, 2.05) is 12.1 Å². The van der Waals surface area contributed by atoms with Crippen LogP contribution in [-0.2, 0) is 14.8 Å². The van der Waals surface area contributed by atoms with E-state index in [9.17, 15) is 13.2 Å². The van der Waals surface area contributed by atoms with Crippen LogP contribution in [0.5, 0.6) is 0 Å². The van der Waals surface area contributed by atoms with E-state index in [0.29, 0.717) is 69.1 Å². The Morgan fingerprint density at radius 3 is 2.76 bits per heavy atom. The van der Waals surface area contributed by atoms with Gasteiger partial charge in [0.1, 0.15) is 5.69 Å². The summed E-state index contributed by atoms with van der Waals surface area (Å²) in [5.41, 5.74) is 1.44. The van der Waals surface area contributed by atoms with E-state index in [-0.39, 0.29) is 11.2 Å². The van der Waals surface area contributed by atoms with Gasteiger partial charge in [-0.1, -0.05) is 0 Å².